The monoisotopic (exact) mass is 280 g/mol. The molecule has 1 aliphatic heterocycles. The minimum Gasteiger partial charge on any atom is -0.321 e. The highest BCUT2D eigenvalue weighted by molar-refractivity contribution is 5.89. The molecule has 0 spiro atoms. The summed E-state index contributed by atoms with van der Waals surface area (Å²) in [6.45, 7) is 0.843. The van der Waals surface area contributed by atoms with Gasteiger partial charge >= 0.3 is 6.03 Å². The number of benzene rings is 2. The molecule has 21 heavy (non-hydrogen) atoms. The van der Waals surface area contributed by atoms with E-state index in [0.717, 1.165) is 31.5 Å². The summed E-state index contributed by atoms with van der Waals surface area (Å²) in [7, 11) is 0. The summed E-state index contributed by atoms with van der Waals surface area (Å²) in [6.07, 6.45) is 3.10. The molecular weight excluding hydrogens is 260 g/mol. The maximum Gasteiger partial charge on any atom is 0.322 e. The lowest BCUT2D eigenvalue weighted by molar-refractivity contribution is 0.206. The van der Waals surface area contributed by atoms with Gasteiger partial charge in [-0.25, -0.2) is 4.79 Å². The average molecular weight is 280 g/mol. The lowest BCUT2D eigenvalue weighted by Gasteiger charge is -2.25. The third-order valence-electron chi connectivity index (χ3n) is 3.98. The van der Waals surface area contributed by atoms with Crippen molar-refractivity contribution in [3.8, 4) is 0 Å². The summed E-state index contributed by atoms with van der Waals surface area (Å²) in [5.41, 5.74) is 2.15. The van der Waals surface area contributed by atoms with Crippen molar-refractivity contribution in [3.05, 3.63) is 66.2 Å². The zero-order valence-electron chi connectivity index (χ0n) is 12.0. The van der Waals surface area contributed by atoms with E-state index >= 15 is 0 Å². The minimum atomic E-state index is 0.0135. The van der Waals surface area contributed by atoms with E-state index in [1.54, 1.807) is 0 Å². The predicted molar refractivity (Wildman–Crippen MR) is 85.3 cm³/mol. The van der Waals surface area contributed by atoms with E-state index in [2.05, 4.69) is 29.6 Å². The first-order chi connectivity index (χ1) is 10.3. The Hall–Kier alpha value is -2.29. The molecule has 1 saturated heterocycles. The third-order valence-corrected chi connectivity index (χ3v) is 3.98. The molecule has 1 N–H and O–H groups in total. The van der Waals surface area contributed by atoms with Gasteiger partial charge in [0.15, 0.2) is 0 Å². The Bertz CT molecular complexity index is 583. The molecule has 0 aliphatic carbocycles. The second-order valence-corrected chi connectivity index (χ2v) is 5.48. The zero-order valence-corrected chi connectivity index (χ0v) is 12.0. The first-order valence-electron chi connectivity index (χ1n) is 7.49. The van der Waals surface area contributed by atoms with Crippen LogP contribution in [0.4, 0.5) is 10.5 Å². The van der Waals surface area contributed by atoms with Crippen LogP contribution in [0.15, 0.2) is 60.7 Å². The number of nitrogens with one attached hydrogen (secondary N) is 1. The topological polar surface area (TPSA) is 32.3 Å². The fraction of sp³-hybridized carbons (Fsp3) is 0.278. The quantitative estimate of drug-likeness (QED) is 0.908. The Morgan fingerprint density at radius 2 is 1.71 bits per heavy atom. The van der Waals surface area contributed by atoms with Crippen molar-refractivity contribution in [2.75, 3.05) is 11.9 Å². The molecule has 1 fully saturated rings. The number of hydrogen-bond donors (Lipinski definition) is 1. The van der Waals surface area contributed by atoms with Crippen molar-refractivity contribution in [3.63, 3.8) is 0 Å². The van der Waals surface area contributed by atoms with E-state index in [-0.39, 0.29) is 6.03 Å². The van der Waals surface area contributed by atoms with E-state index in [1.807, 2.05) is 41.3 Å². The molecule has 3 rings (SSSR count). The number of para-hydroxylation sites is 1. The Balaban J connectivity index is 1.65. The standard InChI is InChI=1S/C18H20N2O/c21-18(19-16-10-5-2-6-11-16)20-13-7-12-17(20)14-15-8-3-1-4-9-15/h1-6,8-11,17H,7,12-14H2,(H,19,21)/t17-/m0/s1. The highest BCUT2D eigenvalue weighted by Gasteiger charge is 2.28. The van der Waals surface area contributed by atoms with E-state index < -0.39 is 0 Å². The number of urea groups is 1. The number of likely N-dealkylation sites (tertiary alicyclic amines) is 1. The first-order valence-corrected chi connectivity index (χ1v) is 7.49. The molecule has 2 amide bonds. The van der Waals surface area contributed by atoms with Gasteiger partial charge in [0.2, 0.25) is 0 Å². The maximum absolute atomic E-state index is 12.4. The van der Waals surface area contributed by atoms with Crippen LogP contribution in [0.5, 0.6) is 0 Å². The molecule has 1 aliphatic rings. The first kappa shape index (κ1) is 13.7. The van der Waals surface area contributed by atoms with Crippen molar-refractivity contribution in [1.29, 1.82) is 0 Å². The number of rotatable bonds is 3. The number of anilines is 1. The lowest BCUT2D eigenvalue weighted by Crippen LogP contribution is -2.39. The molecular formula is C18H20N2O. The van der Waals surface area contributed by atoms with Crippen molar-refractivity contribution >= 4 is 11.7 Å². The van der Waals surface area contributed by atoms with Crippen molar-refractivity contribution in [2.24, 2.45) is 0 Å². The van der Waals surface area contributed by atoms with Crippen LogP contribution in [-0.4, -0.2) is 23.5 Å². The van der Waals surface area contributed by atoms with Gasteiger partial charge in [0.25, 0.3) is 0 Å². The second kappa shape index (κ2) is 6.44. The van der Waals surface area contributed by atoms with Crippen molar-refractivity contribution in [2.45, 2.75) is 25.3 Å². The molecule has 3 nitrogen and oxygen atoms in total. The highest BCUT2D eigenvalue weighted by atomic mass is 16.2. The number of hydrogen-bond acceptors (Lipinski definition) is 1. The molecule has 0 unspecified atom stereocenters. The summed E-state index contributed by atoms with van der Waals surface area (Å²) in [5.74, 6) is 0. The molecule has 0 radical (unpaired) electrons. The van der Waals surface area contributed by atoms with Crippen LogP contribution in [0.1, 0.15) is 18.4 Å². The van der Waals surface area contributed by atoms with Gasteiger partial charge in [0.1, 0.15) is 0 Å². The molecule has 0 bridgehead atoms. The van der Waals surface area contributed by atoms with Crippen LogP contribution < -0.4 is 5.32 Å². The second-order valence-electron chi connectivity index (χ2n) is 5.48. The smallest absolute Gasteiger partial charge is 0.321 e. The number of carbonyl (C=O) groups is 1. The Morgan fingerprint density at radius 3 is 2.43 bits per heavy atom. The van der Waals surface area contributed by atoms with Crippen LogP contribution >= 0.6 is 0 Å². The Labute approximate surface area is 125 Å². The van der Waals surface area contributed by atoms with Crippen LogP contribution in [0.3, 0.4) is 0 Å². The molecule has 108 valence electrons. The summed E-state index contributed by atoms with van der Waals surface area (Å²) in [6, 6.07) is 20.4. The molecule has 0 aromatic heterocycles. The van der Waals surface area contributed by atoms with Gasteiger partial charge in [-0.15, -0.1) is 0 Å². The summed E-state index contributed by atoms with van der Waals surface area (Å²) < 4.78 is 0. The fourth-order valence-corrected chi connectivity index (χ4v) is 2.92. The number of nitrogens with zero attached hydrogens (tertiary/aromatic N) is 1. The van der Waals surface area contributed by atoms with Gasteiger partial charge in [-0.05, 0) is 37.0 Å². The number of amides is 2. The van der Waals surface area contributed by atoms with Crippen LogP contribution in [-0.2, 0) is 6.42 Å². The largest absolute Gasteiger partial charge is 0.322 e. The van der Waals surface area contributed by atoms with Gasteiger partial charge < -0.3 is 10.2 Å². The maximum atomic E-state index is 12.4. The van der Waals surface area contributed by atoms with E-state index in [1.165, 1.54) is 5.56 Å². The van der Waals surface area contributed by atoms with Crippen LogP contribution in [0, 0.1) is 0 Å². The normalized spacial score (nSPS) is 17.7. The molecule has 3 heteroatoms. The van der Waals surface area contributed by atoms with Crippen molar-refractivity contribution in [1.82, 2.24) is 4.90 Å². The van der Waals surface area contributed by atoms with E-state index in [4.69, 9.17) is 0 Å². The minimum absolute atomic E-state index is 0.0135. The highest BCUT2D eigenvalue weighted by Crippen LogP contribution is 2.22. The molecule has 1 heterocycles. The van der Waals surface area contributed by atoms with Gasteiger partial charge in [0.05, 0.1) is 0 Å². The Morgan fingerprint density at radius 1 is 1.05 bits per heavy atom. The molecule has 2 aromatic rings. The molecule has 1 atom stereocenters. The van der Waals surface area contributed by atoms with Gasteiger partial charge in [-0.2, -0.15) is 0 Å². The zero-order chi connectivity index (χ0) is 14.5. The number of carbonyl (C=O) groups excluding carboxylic acids is 1. The predicted octanol–water partition coefficient (Wildman–Crippen LogP) is 3.93. The fourth-order valence-electron chi connectivity index (χ4n) is 2.92. The SMILES string of the molecule is O=C(Nc1ccccc1)N1CCC[C@H]1Cc1ccccc1. The van der Waals surface area contributed by atoms with E-state index in [9.17, 15) is 4.79 Å². The van der Waals surface area contributed by atoms with E-state index in [0.29, 0.717) is 6.04 Å². The summed E-state index contributed by atoms with van der Waals surface area (Å²) >= 11 is 0. The summed E-state index contributed by atoms with van der Waals surface area (Å²) in [4.78, 5) is 14.4. The van der Waals surface area contributed by atoms with Crippen molar-refractivity contribution < 1.29 is 4.79 Å². The molecule has 0 saturated carbocycles. The van der Waals surface area contributed by atoms with Gasteiger partial charge in [-0.3, -0.25) is 0 Å². The van der Waals surface area contributed by atoms with Gasteiger partial charge in [-0.1, -0.05) is 48.5 Å². The average Bonchev–Trinajstić information content (AvgIpc) is 2.97. The lowest BCUT2D eigenvalue weighted by atomic mass is 10.0. The molecule has 2 aromatic carbocycles. The van der Waals surface area contributed by atoms with Crippen LogP contribution in [0.2, 0.25) is 0 Å². The van der Waals surface area contributed by atoms with Crippen LogP contribution in [0.25, 0.3) is 0 Å². The third kappa shape index (κ3) is 3.43. The summed E-state index contributed by atoms with van der Waals surface area (Å²) in [5, 5.41) is 2.99. The Kier molecular flexibility index (Phi) is 4.20. The van der Waals surface area contributed by atoms with Gasteiger partial charge in [0, 0.05) is 18.3 Å².